The normalized spacial score (nSPS) is 18.1. The third kappa shape index (κ3) is 7.73. The highest BCUT2D eigenvalue weighted by atomic mass is 35.5. The number of likely N-dealkylation sites (tertiary alicyclic amines) is 1. The molecule has 2 aromatic carbocycles. The number of anilines is 1. The number of nitrogens with one attached hydrogen (secondary N) is 2. The number of hydrogen-bond donors (Lipinski definition) is 2. The van der Waals surface area contributed by atoms with Crippen molar-refractivity contribution in [2.75, 3.05) is 31.5 Å². The molecule has 2 N–H and O–H groups in total. The van der Waals surface area contributed by atoms with Gasteiger partial charge in [-0.25, -0.2) is 9.18 Å². The van der Waals surface area contributed by atoms with Gasteiger partial charge in [0.25, 0.3) is 0 Å². The third-order valence-corrected chi connectivity index (χ3v) is 8.37. The highest BCUT2D eigenvalue weighted by Gasteiger charge is 2.42. The topological polar surface area (TPSA) is 70.7 Å². The fourth-order valence-electron chi connectivity index (χ4n) is 6.05. The summed E-state index contributed by atoms with van der Waals surface area (Å²) in [5.41, 5.74) is 2.08. The number of hydrogen-bond acceptors (Lipinski definition) is 4. The SMILES string of the molecule is CC(C)OC(=O)Nc1cccc(C2CCN(CCCNC(=O)C3(c4ccc(F)cc4Cl)CCCCC3)CC2)c1. The molecule has 0 aromatic heterocycles. The van der Waals surface area contributed by atoms with Crippen LogP contribution in [0.25, 0.3) is 0 Å². The first-order valence-corrected chi connectivity index (χ1v) is 14.7. The summed E-state index contributed by atoms with van der Waals surface area (Å²) in [6, 6.07) is 12.5. The van der Waals surface area contributed by atoms with E-state index >= 15 is 0 Å². The van der Waals surface area contributed by atoms with Crippen molar-refractivity contribution in [3.05, 3.63) is 64.4 Å². The van der Waals surface area contributed by atoms with Gasteiger partial charge in [-0.15, -0.1) is 0 Å². The van der Waals surface area contributed by atoms with Crippen LogP contribution in [0.3, 0.4) is 0 Å². The largest absolute Gasteiger partial charge is 0.447 e. The number of carbonyl (C=O) groups is 2. The van der Waals surface area contributed by atoms with E-state index in [1.807, 2.05) is 32.0 Å². The molecule has 1 saturated carbocycles. The second-order valence-electron chi connectivity index (χ2n) is 11.2. The monoisotopic (exact) mass is 557 g/mol. The minimum atomic E-state index is -0.670. The van der Waals surface area contributed by atoms with Gasteiger partial charge in [-0.1, -0.05) is 49.1 Å². The Morgan fingerprint density at radius 3 is 2.54 bits per heavy atom. The lowest BCUT2D eigenvalue weighted by Crippen LogP contribution is -2.46. The van der Waals surface area contributed by atoms with Crippen LogP contribution >= 0.6 is 11.6 Å². The summed E-state index contributed by atoms with van der Waals surface area (Å²) in [5, 5.41) is 6.34. The van der Waals surface area contributed by atoms with E-state index in [0.29, 0.717) is 17.5 Å². The number of carbonyl (C=O) groups excluding carboxylic acids is 2. The summed E-state index contributed by atoms with van der Waals surface area (Å²) in [5.74, 6) is 0.0882. The number of halogens is 2. The van der Waals surface area contributed by atoms with Crippen LogP contribution in [-0.2, 0) is 14.9 Å². The molecule has 1 saturated heterocycles. The summed E-state index contributed by atoms with van der Waals surface area (Å²) in [7, 11) is 0. The van der Waals surface area contributed by atoms with E-state index in [9.17, 15) is 14.0 Å². The number of benzene rings is 2. The molecule has 1 aliphatic heterocycles. The maximum Gasteiger partial charge on any atom is 0.411 e. The Morgan fingerprint density at radius 1 is 1.10 bits per heavy atom. The van der Waals surface area contributed by atoms with Gasteiger partial charge >= 0.3 is 6.09 Å². The Bertz CT molecular complexity index is 1130. The quantitative estimate of drug-likeness (QED) is 0.325. The summed E-state index contributed by atoms with van der Waals surface area (Å²) < 4.78 is 18.9. The second kappa shape index (κ2) is 13.6. The van der Waals surface area contributed by atoms with E-state index < -0.39 is 11.5 Å². The summed E-state index contributed by atoms with van der Waals surface area (Å²) in [4.78, 5) is 27.8. The molecule has 1 aliphatic carbocycles. The van der Waals surface area contributed by atoms with Gasteiger partial charge in [0.15, 0.2) is 0 Å². The van der Waals surface area contributed by atoms with E-state index in [4.69, 9.17) is 16.3 Å². The fraction of sp³-hybridized carbons (Fsp3) is 0.548. The maximum atomic E-state index is 13.7. The molecule has 0 atom stereocenters. The lowest BCUT2D eigenvalue weighted by Gasteiger charge is -2.37. The van der Waals surface area contributed by atoms with Gasteiger partial charge in [0, 0.05) is 17.3 Å². The highest BCUT2D eigenvalue weighted by Crippen LogP contribution is 2.42. The van der Waals surface area contributed by atoms with Crippen LogP contribution in [0.2, 0.25) is 5.02 Å². The Morgan fingerprint density at radius 2 is 1.85 bits per heavy atom. The Kier molecular flexibility index (Phi) is 10.2. The highest BCUT2D eigenvalue weighted by molar-refractivity contribution is 6.31. The maximum absolute atomic E-state index is 13.7. The number of piperidine rings is 1. The Hall–Kier alpha value is -2.64. The zero-order chi connectivity index (χ0) is 27.8. The lowest BCUT2D eigenvalue weighted by atomic mass is 9.68. The summed E-state index contributed by atoms with van der Waals surface area (Å²) >= 11 is 6.41. The van der Waals surface area contributed by atoms with E-state index in [1.165, 1.54) is 17.7 Å². The predicted octanol–water partition coefficient (Wildman–Crippen LogP) is 7.02. The molecule has 6 nitrogen and oxygen atoms in total. The molecule has 0 radical (unpaired) electrons. The van der Waals surface area contributed by atoms with Gasteiger partial charge in [0.05, 0.1) is 11.5 Å². The van der Waals surface area contributed by atoms with Crippen molar-refractivity contribution < 1.29 is 18.7 Å². The molecule has 2 aliphatic rings. The minimum Gasteiger partial charge on any atom is -0.447 e. The van der Waals surface area contributed by atoms with Crippen LogP contribution in [0, 0.1) is 5.82 Å². The Balaban J connectivity index is 1.23. The van der Waals surface area contributed by atoms with Crippen molar-refractivity contribution >= 4 is 29.3 Å². The minimum absolute atomic E-state index is 0.0141. The van der Waals surface area contributed by atoms with Crippen LogP contribution in [0.1, 0.15) is 82.3 Å². The van der Waals surface area contributed by atoms with Gasteiger partial charge in [-0.05, 0) is 107 Å². The standard InChI is InChI=1S/C31H41ClFN3O3/c1-22(2)39-30(38)35-26-9-6-8-24(20-26)23-12-18-36(19-13-23)17-7-16-34-29(37)31(14-4-3-5-15-31)27-11-10-25(33)21-28(27)32/h6,8-11,20-23H,3-5,7,12-19H2,1-2H3,(H,34,37)(H,35,38). The predicted molar refractivity (Wildman–Crippen MR) is 154 cm³/mol. The van der Waals surface area contributed by atoms with Gasteiger partial charge in [-0.2, -0.15) is 0 Å². The van der Waals surface area contributed by atoms with Gasteiger partial charge in [0.1, 0.15) is 5.82 Å². The van der Waals surface area contributed by atoms with Crippen LogP contribution in [0.15, 0.2) is 42.5 Å². The molecule has 1 heterocycles. The molecule has 2 aromatic rings. The molecular weight excluding hydrogens is 517 g/mol. The number of rotatable bonds is 9. The van der Waals surface area contributed by atoms with Crippen LogP contribution in [0.5, 0.6) is 0 Å². The molecule has 0 spiro atoms. The number of nitrogens with zero attached hydrogens (tertiary/aromatic N) is 1. The molecule has 2 amide bonds. The number of ether oxygens (including phenoxy) is 1. The van der Waals surface area contributed by atoms with Crippen molar-refractivity contribution in [3.63, 3.8) is 0 Å². The van der Waals surface area contributed by atoms with Crippen molar-refractivity contribution in [1.82, 2.24) is 10.2 Å². The average Bonchev–Trinajstić information content (AvgIpc) is 2.91. The van der Waals surface area contributed by atoms with E-state index in [-0.39, 0.29) is 17.8 Å². The van der Waals surface area contributed by atoms with Crippen LogP contribution < -0.4 is 10.6 Å². The van der Waals surface area contributed by atoms with Crippen LogP contribution in [-0.4, -0.2) is 49.2 Å². The lowest BCUT2D eigenvalue weighted by molar-refractivity contribution is -0.128. The average molecular weight is 558 g/mol. The smallest absolute Gasteiger partial charge is 0.411 e. The summed E-state index contributed by atoms with van der Waals surface area (Å²) in [6.45, 7) is 7.20. The molecule has 4 rings (SSSR count). The molecule has 212 valence electrons. The molecule has 2 fully saturated rings. The molecule has 0 unspecified atom stereocenters. The van der Waals surface area contributed by atoms with Gasteiger partial charge in [-0.3, -0.25) is 10.1 Å². The summed E-state index contributed by atoms with van der Waals surface area (Å²) in [6.07, 6.45) is 6.92. The van der Waals surface area contributed by atoms with Gasteiger partial charge < -0.3 is 15.0 Å². The molecule has 39 heavy (non-hydrogen) atoms. The van der Waals surface area contributed by atoms with E-state index in [0.717, 1.165) is 82.3 Å². The third-order valence-electron chi connectivity index (χ3n) is 8.06. The van der Waals surface area contributed by atoms with Crippen molar-refractivity contribution in [3.8, 4) is 0 Å². The zero-order valence-electron chi connectivity index (χ0n) is 23.1. The first kappa shape index (κ1) is 29.3. The molecule has 0 bridgehead atoms. The van der Waals surface area contributed by atoms with Crippen molar-refractivity contribution in [2.45, 2.75) is 82.7 Å². The second-order valence-corrected chi connectivity index (χ2v) is 11.6. The molecular formula is C31H41ClFN3O3. The fourth-order valence-corrected chi connectivity index (χ4v) is 6.40. The van der Waals surface area contributed by atoms with E-state index in [1.54, 1.807) is 6.07 Å². The first-order valence-electron chi connectivity index (χ1n) is 14.3. The van der Waals surface area contributed by atoms with Crippen molar-refractivity contribution in [2.24, 2.45) is 0 Å². The van der Waals surface area contributed by atoms with Crippen LogP contribution in [0.4, 0.5) is 14.9 Å². The zero-order valence-corrected chi connectivity index (χ0v) is 23.9. The molecule has 8 heteroatoms. The Labute approximate surface area is 236 Å². The number of amides is 2. The van der Waals surface area contributed by atoms with E-state index in [2.05, 4.69) is 21.6 Å². The van der Waals surface area contributed by atoms with Gasteiger partial charge in [0.2, 0.25) is 5.91 Å². The van der Waals surface area contributed by atoms with Crippen molar-refractivity contribution in [1.29, 1.82) is 0 Å². The first-order chi connectivity index (χ1) is 18.8.